The summed E-state index contributed by atoms with van der Waals surface area (Å²) >= 11 is 0. The van der Waals surface area contributed by atoms with Crippen molar-refractivity contribution in [3.05, 3.63) is 69.5 Å². The molecule has 0 aliphatic carbocycles. The molecule has 2 aromatic carbocycles. The number of H-pyrrole nitrogens is 1. The summed E-state index contributed by atoms with van der Waals surface area (Å²) in [5.74, 6) is 0.670. The lowest BCUT2D eigenvalue weighted by Gasteiger charge is -2.13. The van der Waals surface area contributed by atoms with E-state index in [1.54, 1.807) is 30.3 Å². The summed E-state index contributed by atoms with van der Waals surface area (Å²) in [6, 6.07) is 12.2. The monoisotopic (exact) mass is 394 g/mol. The molecule has 6 heteroatoms. The normalized spacial score (nSPS) is 10.8. The Kier molecular flexibility index (Phi) is 6.54. The maximum absolute atomic E-state index is 12.5. The third kappa shape index (κ3) is 5.16. The zero-order valence-corrected chi connectivity index (χ0v) is 16.7. The molecule has 1 heterocycles. The van der Waals surface area contributed by atoms with Crippen LogP contribution in [0.1, 0.15) is 36.5 Å². The third-order valence-corrected chi connectivity index (χ3v) is 4.77. The number of carbonyl (C=O) groups excluding carboxylic acids is 1. The summed E-state index contributed by atoms with van der Waals surface area (Å²) in [7, 11) is 0. The van der Waals surface area contributed by atoms with Crippen molar-refractivity contribution in [1.82, 2.24) is 10.3 Å². The number of hydrogen-bond donors (Lipinski definition) is 3. The van der Waals surface area contributed by atoms with E-state index in [1.165, 1.54) is 0 Å². The minimum Gasteiger partial charge on any atom is -0.508 e. The number of unbranched alkanes of at least 4 members (excludes halogenated alkanes) is 1. The van der Waals surface area contributed by atoms with Gasteiger partial charge in [-0.3, -0.25) is 9.59 Å². The number of hydrogen-bond acceptors (Lipinski definition) is 4. The van der Waals surface area contributed by atoms with E-state index in [-0.39, 0.29) is 30.2 Å². The predicted octanol–water partition coefficient (Wildman–Crippen LogP) is 3.58. The molecule has 0 atom stereocenters. The number of rotatable bonds is 8. The molecule has 3 aromatic rings. The highest BCUT2D eigenvalue weighted by Crippen LogP contribution is 2.27. The summed E-state index contributed by atoms with van der Waals surface area (Å²) in [4.78, 5) is 27.6. The maximum Gasteiger partial charge on any atom is 0.253 e. The van der Waals surface area contributed by atoms with E-state index in [1.807, 2.05) is 19.1 Å². The van der Waals surface area contributed by atoms with Crippen LogP contribution in [0.2, 0.25) is 0 Å². The molecule has 0 saturated carbocycles. The fourth-order valence-electron chi connectivity index (χ4n) is 3.09. The lowest BCUT2D eigenvalue weighted by atomic mass is 10.1. The zero-order chi connectivity index (χ0) is 20.8. The summed E-state index contributed by atoms with van der Waals surface area (Å²) in [5.41, 5.74) is 2.69. The Bertz CT molecular complexity index is 1050. The largest absolute Gasteiger partial charge is 0.508 e. The number of ether oxygens (including phenoxy) is 1. The van der Waals surface area contributed by atoms with Gasteiger partial charge in [0.05, 0.1) is 18.5 Å². The van der Waals surface area contributed by atoms with Crippen LogP contribution in [0.5, 0.6) is 11.5 Å². The fourth-order valence-corrected chi connectivity index (χ4v) is 3.09. The standard InChI is InChI=1S/C23H26N2O4/c1-3-4-11-29-22-15(2)5-8-17-13-18(23(28)25-21(17)22)14-24-20(27)12-16-6-9-19(26)10-7-16/h5-10,13,26H,3-4,11-12,14H2,1-2H3,(H,24,27)(H,25,28). The van der Waals surface area contributed by atoms with E-state index >= 15 is 0 Å². The van der Waals surface area contributed by atoms with E-state index < -0.39 is 0 Å². The Labute approximate surface area is 169 Å². The van der Waals surface area contributed by atoms with Gasteiger partial charge < -0.3 is 20.1 Å². The number of benzene rings is 2. The van der Waals surface area contributed by atoms with Crippen molar-refractivity contribution in [2.24, 2.45) is 0 Å². The summed E-state index contributed by atoms with van der Waals surface area (Å²) in [6.45, 7) is 4.80. The van der Waals surface area contributed by atoms with Crippen LogP contribution >= 0.6 is 0 Å². The van der Waals surface area contributed by atoms with Gasteiger partial charge in [0, 0.05) is 17.5 Å². The highest BCUT2D eigenvalue weighted by atomic mass is 16.5. The molecular weight excluding hydrogens is 368 g/mol. The van der Waals surface area contributed by atoms with Gasteiger partial charge in [0.2, 0.25) is 5.91 Å². The highest BCUT2D eigenvalue weighted by Gasteiger charge is 2.11. The molecular formula is C23H26N2O4. The quantitative estimate of drug-likeness (QED) is 0.509. The van der Waals surface area contributed by atoms with Crippen molar-refractivity contribution in [3.8, 4) is 11.5 Å². The molecule has 0 aliphatic heterocycles. The molecule has 152 valence electrons. The Balaban J connectivity index is 1.73. The average Bonchev–Trinajstić information content (AvgIpc) is 2.70. The van der Waals surface area contributed by atoms with Crippen LogP contribution in [0.4, 0.5) is 0 Å². The smallest absolute Gasteiger partial charge is 0.253 e. The average molecular weight is 394 g/mol. The lowest BCUT2D eigenvalue weighted by molar-refractivity contribution is -0.120. The van der Waals surface area contributed by atoms with Crippen LogP contribution in [0.15, 0.2) is 47.3 Å². The number of aryl methyl sites for hydroxylation is 1. The molecule has 6 nitrogen and oxygen atoms in total. The van der Waals surface area contributed by atoms with Gasteiger partial charge in [-0.1, -0.05) is 37.6 Å². The van der Waals surface area contributed by atoms with E-state index in [9.17, 15) is 14.7 Å². The van der Waals surface area contributed by atoms with Crippen LogP contribution in [0.25, 0.3) is 10.9 Å². The van der Waals surface area contributed by atoms with Gasteiger partial charge in [0.25, 0.3) is 5.56 Å². The molecule has 3 rings (SSSR count). The maximum atomic E-state index is 12.5. The van der Waals surface area contributed by atoms with Crippen molar-refractivity contribution < 1.29 is 14.6 Å². The number of phenols is 1. The van der Waals surface area contributed by atoms with Crippen LogP contribution in [-0.2, 0) is 17.8 Å². The van der Waals surface area contributed by atoms with E-state index in [4.69, 9.17) is 4.74 Å². The number of nitrogens with one attached hydrogen (secondary N) is 2. The molecule has 0 bridgehead atoms. The first-order chi connectivity index (χ1) is 14.0. The van der Waals surface area contributed by atoms with E-state index in [0.29, 0.717) is 23.4 Å². The van der Waals surface area contributed by atoms with E-state index in [0.717, 1.165) is 29.4 Å². The Morgan fingerprint density at radius 2 is 1.93 bits per heavy atom. The second-order valence-corrected chi connectivity index (χ2v) is 7.12. The van der Waals surface area contributed by atoms with Crippen LogP contribution in [-0.4, -0.2) is 22.6 Å². The van der Waals surface area contributed by atoms with Gasteiger partial charge in [-0.2, -0.15) is 0 Å². The fraction of sp³-hybridized carbons (Fsp3) is 0.304. The number of amides is 1. The molecule has 0 aliphatic rings. The second-order valence-electron chi connectivity index (χ2n) is 7.12. The summed E-state index contributed by atoms with van der Waals surface area (Å²) in [6.07, 6.45) is 2.17. The first-order valence-electron chi connectivity index (χ1n) is 9.81. The zero-order valence-electron chi connectivity index (χ0n) is 16.7. The van der Waals surface area contributed by atoms with Gasteiger partial charge in [-0.05, 0) is 42.7 Å². The molecule has 1 aromatic heterocycles. The van der Waals surface area contributed by atoms with E-state index in [2.05, 4.69) is 17.2 Å². The topological polar surface area (TPSA) is 91.4 Å². The van der Waals surface area contributed by atoms with Gasteiger partial charge in [-0.25, -0.2) is 0 Å². The Morgan fingerprint density at radius 3 is 2.66 bits per heavy atom. The Morgan fingerprint density at radius 1 is 1.17 bits per heavy atom. The van der Waals surface area contributed by atoms with Gasteiger partial charge in [-0.15, -0.1) is 0 Å². The first kappa shape index (κ1) is 20.5. The number of fused-ring (bicyclic) bond motifs is 1. The number of phenolic OH excluding ortho intramolecular Hbond substituents is 1. The molecule has 0 fully saturated rings. The van der Waals surface area contributed by atoms with Crippen LogP contribution in [0, 0.1) is 6.92 Å². The molecule has 3 N–H and O–H groups in total. The Hall–Kier alpha value is -3.28. The minimum atomic E-state index is -0.242. The predicted molar refractivity (Wildman–Crippen MR) is 113 cm³/mol. The van der Waals surface area contributed by atoms with Crippen molar-refractivity contribution in [3.63, 3.8) is 0 Å². The molecule has 0 spiro atoms. The van der Waals surface area contributed by atoms with Crippen LogP contribution in [0.3, 0.4) is 0 Å². The second kappa shape index (κ2) is 9.28. The van der Waals surface area contributed by atoms with Gasteiger partial charge in [0.1, 0.15) is 11.5 Å². The minimum absolute atomic E-state index is 0.141. The molecule has 1 amide bonds. The third-order valence-electron chi connectivity index (χ3n) is 4.77. The number of aromatic amines is 1. The van der Waals surface area contributed by atoms with Gasteiger partial charge in [0.15, 0.2) is 0 Å². The molecule has 0 unspecified atom stereocenters. The van der Waals surface area contributed by atoms with Crippen molar-refractivity contribution in [2.75, 3.05) is 6.61 Å². The number of aromatic hydroxyl groups is 1. The molecule has 0 saturated heterocycles. The highest BCUT2D eigenvalue weighted by molar-refractivity contribution is 5.86. The first-order valence-corrected chi connectivity index (χ1v) is 9.81. The number of carbonyl (C=O) groups is 1. The summed E-state index contributed by atoms with van der Waals surface area (Å²) < 4.78 is 5.90. The van der Waals surface area contributed by atoms with Crippen molar-refractivity contribution >= 4 is 16.8 Å². The summed E-state index contributed by atoms with van der Waals surface area (Å²) in [5, 5.41) is 13.0. The lowest BCUT2D eigenvalue weighted by Crippen LogP contribution is -2.28. The van der Waals surface area contributed by atoms with Crippen LogP contribution < -0.4 is 15.6 Å². The molecule has 29 heavy (non-hydrogen) atoms. The number of aromatic nitrogens is 1. The van der Waals surface area contributed by atoms with Gasteiger partial charge >= 0.3 is 0 Å². The molecule has 0 radical (unpaired) electrons. The SMILES string of the molecule is CCCCOc1c(C)ccc2cc(CNC(=O)Cc3ccc(O)cc3)c(=O)[nH]c12. The van der Waals surface area contributed by atoms with Crippen molar-refractivity contribution in [1.29, 1.82) is 0 Å². The van der Waals surface area contributed by atoms with Crippen molar-refractivity contribution in [2.45, 2.75) is 39.7 Å². The number of pyridine rings is 1.